The standard InChI is InChI=1S/C13H17FN2O2/c1-9(2)11-4-3-7-15(11)12-6-5-10(14)8-13(12)16(17)18/h5-6,8-9,11H,3-4,7H2,1-2H3. The highest BCUT2D eigenvalue weighted by atomic mass is 19.1. The highest BCUT2D eigenvalue weighted by Gasteiger charge is 2.31. The van der Waals surface area contributed by atoms with Crippen molar-refractivity contribution in [2.24, 2.45) is 5.92 Å². The van der Waals surface area contributed by atoms with Gasteiger partial charge in [-0.3, -0.25) is 10.1 Å². The van der Waals surface area contributed by atoms with Crippen molar-refractivity contribution in [2.45, 2.75) is 32.7 Å². The number of hydrogen-bond acceptors (Lipinski definition) is 3. The second kappa shape index (κ2) is 4.92. The average Bonchev–Trinajstić information content (AvgIpc) is 2.77. The molecule has 0 spiro atoms. The van der Waals surface area contributed by atoms with Crippen LogP contribution in [0.4, 0.5) is 15.8 Å². The maximum absolute atomic E-state index is 13.1. The molecule has 1 fully saturated rings. The fourth-order valence-corrected chi connectivity index (χ4v) is 2.67. The summed E-state index contributed by atoms with van der Waals surface area (Å²) >= 11 is 0. The Morgan fingerprint density at radius 3 is 2.83 bits per heavy atom. The summed E-state index contributed by atoms with van der Waals surface area (Å²) in [6.07, 6.45) is 2.06. The predicted molar refractivity (Wildman–Crippen MR) is 68.3 cm³/mol. The van der Waals surface area contributed by atoms with Crippen LogP contribution in [0.5, 0.6) is 0 Å². The van der Waals surface area contributed by atoms with Gasteiger partial charge in [-0.25, -0.2) is 4.39 Å². The quantitative estimate of drug-likeness (QED) is 0.612. The molecule has 1 unspecified atom stereocenters. The minimum absolute atomic E-state index is 0.137. The lowest BCUT2D eigenvalue weighted by Gasteiger charge is -2.29. The van der Waals surface area contributed by atoms with Crippen LogP contribution in [0.2, 0.25) is 0 Å². The van der Waals surface area contributed by atoms with E-state index in [9.17, 15) is 14.5 Å². The molecule has 0 aliphatic carbocycles. The highest BCUT2D eigenvalue weighted by molar-refractivity contribution is 5.64. The Kier molecular flexibility index (Phi) is 3.50. The molecule has 2 rings (SSSR count). The van der Waals surface area contributed by atoms with Crippen LogP contribution >= 0.6 is 0 Å². The third-order valence-electron chi connectivity index (χ3n) is 3.51. The van der Waals surface area contributed by atoms with E-state index in [1.165, 1.54) is 12.1 Å². The summed E-state index contributed by atoms with van der Waals surface area (Å²) in [6, 6.07) is 4.12. The van der Waals surface area contributed by atoms with Crippen molar-refractivity contribution < 1.29 is 9.31 Å². The van der Waals surface area contributed by atoms with Crippen molar-refractivity contribution in [3.05, 3.63) is 34.1 Å². The van der Waals surface area contributed by atoms with Gasteiger partial charge in [0.05, 0.1) is 11.0 Å². The Hall–Kier alpha value is -1.65. The minimum Gasteiger partial charge on any atom is -0.363 e. The van der Waals surface area contributed by atoms with E-state index in [0.717, 1.165) is 25.5 Å². The number of nitrogens with zero attached hydrogens (tertiary/aromatic N) is 2. The zero-order chi connectivity index (χ0) is 13.3. The molecule has 1 aliphatic rings. The summed E-state index contributed by atoms with van der Waals surface area (Å²) in [7, 11) is 0. The lowest BCUT2D eigenvalue weighted by Crippen LogP contribution is -2.33. The number of halogens is 1. The van der Waals surface area contributed by atoms with E-state index >= 15 is 0 Å². The van der Waals surface area contributed by atoms with Crippen molar-refractivity contribution in [3.8, 4) is 0 Å². The third-order valence-corrected chi connectivity index (χ3v) is 3.51. The van der Waals surface area contributed by atoms with E-state index in [1.807, 2.05) is 4.90 Å². The van der Waals surface area contributed by atoms with Gasteiger partial charge in [-0.1, -0.05) is 13.8 Å². The lowest BCUT2D eigenvalue weighted by atomic mass is 10.0. The molecule has 1 saturated heterocycles. The summed E-state index contributed by atoms with van der Waals surface area (Å²) in [5.74, 6) is -0.136. The van der Waals surface area contributed by atoms with E-state index in [-0.39, 0.29) is 5.69 Å². The SMILES string of the molecule is CC(C)C1CCCN1c1ccc(F)cc1[N+](=O)[O-]. The van der Waals surface area contributed by atoms with Crippen LogP contribution in [0.1, 0.15) is 26.7 Å². The zero-order valence-electron chi connectivity index (χ0n) is 10.6. The topological polar surface area (TPSA) is 46.4 Å². The number of benzene rings is 1. The maximum atomic E-state index is 13.1. The molecule has 98 valence electrons. The van der Waals surface area contributed by atoms with Crippen molar-refractivity contribution >= 4 is 11.4 Å². The average molecular weight is 252 g/mol. The molecule has 1 atom stereocenters. The van der Waals surface area contributed by atoms with Gasteiger partial charge < -0.3 is 4.90 Å². The lowest BCUT2D eigenvalue weighted by molar-refractivity contribution is -0.384. The zero-order valence-corrected chi connectivity index (χ0v) is 10.6. The van der Waals surface area contributed by atoms with Crippen LogP contribution in [-0.4, -0.2) is 17.5 Å². The summed E-state index contributed by atoms with van der Waals surface area (Å²) < 4.78 is 13.1. The fourth-order valence-electron chi connectivity index (χ4n) is 2.67. The first-order valence-corrected chi connectivity index (χ1v) is 6.21. The molecule has 1 aliphatic heterocycles. The van der Waals surface area contributed by atoms with Crippen LogP contribution in [0.15, 0.2) is 18.2 Å². The maximum Gasteiger partial charge on any atom is 0.295 e. The first-order chi connectivity index (χ1) is 8.50. The normalized spacial score (nSPS) is 19.6. The van der Waals surface area contributed by atoms with E-state index in [2.05, 4.69) is 13.8 Å². The van der Waals surface area contributed by atoms with Crippen molar-refractivity contribution in [2.75, 3.05) is 11.4 Å². The monoisotopic (exact) mass is 252 g/mol. The Labute approximate surface area is 106 Å². The number of hydrogen-bond donors (Lipinski definition) is 0. The van der Waals surface area contributed by atoms with Gasteiger partial charge in [-0.15, -0.1) is 0 Å². The van der Waals surface area contributed by atoms with E-state index in [4.69, 9.17) is 0 Å². The smallest absolute Gasteiger partial charge is 0.295 e. The van der Waals surface area contributed by atoms with Crippen LogP contribution in [0.3, 0.4) is 0 Å². The van der Waals surface area contributed by atoms with Gasteiger partial charge >= 0.3 is 0 Å². The first kappa shape index (κ1) is 12.8. The molecule has 0 N–H and O–H groups in total. The van der Waals surface area contributed by atoms with Crippen molar-refractivity contribution in [1.29, 1.82) is 0 Å². The molecular formula is C13H17FN2O2. The molecule has 1 aromatic rings. The molecule has 0 amide bonds. The summed E-state index contributed by atoms with van der Waals surface area (Å²) in [5, 5.41) is 11.0. The second-order valence-corrected chi connectivity index (χ2v) is 5.04. The number of nitro groups is 1. The summed E-state index contributed by atoms with van der Waals surface area (Å²) in [6.45, 7) is 5.02. The van der Waals surface area contributed by atoms with Crippen LogP contribution in [0.25, 0.3) is 0 Å². The van der Waals surface area contributed by atoms with Crippen LogP contribution < -0.4 is 4.90 Å². The van der Waals surface area contributed by atoms with Gasteiger partial charge in [0.15, 0.2) is 0 Å². The van der Waals surface area contributed by atoms with E-state index < -0.39 is 10.7 Å². The number of rotatable bonds is 3. The molecule has 5 heteroatoms. The fraction of sp³-hybridized carbons (Fsp3) is 0.538. The third kappa shape index (κ3) is 2.30. The Morgan fingerprint density at radius 2 is 2.22 bits per heavy atom. The minimum atomic E-state index is -0.564. The van der Waals surface area contributed by atoms with Gasteiger partial charge in [-0.2, -0.15) is 0 Å². The molecule has 18 heavy (non-hydrogen) atoms. The summed E-state index contributed by atoms with van der Waals surface area (Å²) in [5.41, 5.74) is 0.403. The van der Waals surface area contributed by atoms with Gasteiger partial charge in [0.2, 0.25) is 0 Å². The van der Waals surface area contributed by atoms with Gasteiger partial charge in [0.25, 0.3) is 5.69 Å². The molecule has 1 aromatic carbocycles. The van der Waals surface area contributed by atoms with Crippen molar-refractivity contribution in [1.82, 2.24) is 0 Å². The molecule has 0 aromatic heterocycles. The van der Waals surface area contributed by atoms with Gasteiger partial charge in [0, 0.05) is 12.6 Å². The second-order valence-electron chi connectivity index (χ2n) is 5.04. The van der Waals surface area contributed by atoms with E-state index in [0.29, 0.717) is 17.6 Å². The summed E-state index contributed by atoms with van der Waals surface area (Å²) in [4.78, 5) is 12.6. The Bertz CT molecular complexity index is 462. The van der Waals surface area contributed by atoms with Crippen LogP contribution in [-0.2, 0) is 0 Å². The molecule has 1 heterocycles. The molecule has 0 bridgehead atoms. The molecule has 0 saturated carbocycles. The van der Waals surface area contributed by atoms with Gasteiger partial charge in [-0.05, 0) is 30.9 Å². The molecular weight excluding hydrogens is 235 g/mol. The van der Waals surface area contributed by atoms with Crippen LogP contribution in [0, 0.1) is 21.8 Å². The predicted octanol–water partition coefficient (Wildman–Crippen LogP) is 3.36. The highest BCUT2D eigenvalue weighted by Crippen LogP contribution is 2.36. The largest absolute Gasteiger partial charge is 0.363 e. The number of anilines is 1. The van der Waals surface area contributed by atoms with Gasteiger partial charge in [0.1, 0.15) is 11.5 Å². The number of nitro benzene ring substituents is 1. The Balaban J connectivity index is 2.41. The van der Waals surface area contributed by atoms with Crippen molar-refractivity contribution in [3.63, 3.8) is 0 Å². The Morgan fingerprint density at radius 1 is 1.50 bits per heavy atom. The molecule has 4 nitrogen and oxygen atoms in total. The van der Waals surface area contributed by atoms with E-state index in [1.54, 1.807) is 0 Å². The molecule has 0 radical (unpaired) electrons. The first-order valence-electron chi connectivity index (χ1n) is 6.21.